The van der Waals surface area contributed by atoms with Crippen LogP contribution in [0.3, 0.4) is 0 Å². The van der Waals surface area contributed by atoms with Crippen LogP contribution in [-0.4, -0.2) is 46.7 Å². The van der Waals surface area contributed by atoms with E-state index in [1.54, 1.807) is 0 Å². The SMILES string of the molecule is C=CC[CH2][Bi+][c]1c(C=NC(C)(C)C)cccc1C=NC(C)(C)C.[I-]. The second kappa shape index (κ2) is 10.8. The summed E-state index contributed by atoms with van der Waals surface area (Å²) in [5.41, 5.74) is 2.47. The van der Waals surface area contributed by atoms with Crippen LogP contribution in [0.2, 0.25) is 4.13 Å². The first-order chi connectivity index (χ1) is 10.6. The molecule has 0 heterocycles. The Balaban J connectivity index is 0.00000529. The normalized spacial score (nSPS) is 12.6. The average Bonchev–Trinajstić information content (AvgIpc) is 2.42. The number of nitrogens with zero attached hydrogens (tertiary/aromatic N) is 2. The molecule has 0 bridgehead atoms. The molecule has 2 radical (unpaired) electrons. The Hall–Kier alpha value is -0.0869. The first-order valence-corrected chi connectivity index (χ1v) is 12.3. The predicted octanol–water partition coefficient (Wildman–Crippen LogP) is 1.45. The number of halogens is 1. The monoisotopic (exact) mass is 634 g/mol. The van der Waals surface area contributed by atoms with Crippen molar-refractivity contribution in [3.05, 3.63) is 42.0 Å². The van der Waals surface area contributed by atoms with Crippen molar-refractivity contribution in [2.24, 2.45) is 9.98 Å². The molecule has 2 nitrogen and oxygen atoms in total. The third-order valence-corrected chi connectivity index (χ3v) is 7.99. The molecule has 0 fully saturated rings. The summed E-state index contributed by atoms with van der Waals surface area (Å²) in [6, 6.07) is 6.50. The van der Waals surface area contributed by atoms with Gasteiger partial charge >= 0.3 is 154 Å². The largest absolute Gasteiger partial charge is 1.00 e. The van der Waals surface area contributed by atoms with Gasteiger partial charge in [0.05, 0.1) is 0 Å². The van der Waals surface area contributed by atoms with Crippen LogP contribution in [0.1, 0.15) is 59.1 Å². The van der Waals surface area contributed by atoms with Gasteiger partial charge in [0.25, 0.3) is 0 Å². The summed E-state index contributed by atoms with van der Waals surface area (Å²) >= 11 is -0.776. The van der Waals surface area contributed by atoms with E-state index < -0.39 is 23.2 Å². The fourth-order valence-electron chi connectivity index (χ4n) is 1.76. The molecule has 0 N–H and O–H groups in total. The van der Waals surface area contributed by atoms with Crippen LogP contribution in [0.4, 0.5) is 0 Å². The molecule has 132 valence electrons. The number of hydrogen-bond donors (Lipinski definition) is 0. The molecular formula is C20H30BiIN2. The fourth-order valence-corrected chi connectivity index (χ4v) is 6.29. The Bertz CT molecular complexity index is 536. The van der Waals surface area contributed by atoms with Crippen LogP contribution in [-0.2, 0) is 0 Å². The molecule has 1 aromatic rings. The Kier molecular flexibility index (Phi) is 10.8. The third kappa shape index (κ3) is 10.0. The van der Waals surface area contributed by atoms with E-state index in [2.05, 4.69) is 78.7 Å². The van der Waals surface area contributed by atoms with Crippen molar-refractivity contribution < 1.29 is 24.0 Å². The van der Waals surface area contributed by atoms with Gasteiger partial charge in [0.2, 0.25) is 0 Å². The van der Waals surface area contributed by atoms with Gasteiger partial charge in [0.1, 0.15) is 0 Å². The van der Waals surface area contributed by atoms with Crippen LogP contribution in [0.5, 0.6) is 0 Å². The van der Waals surface area contributed by atoms with Gasteiger partial charge in [0.15, 0.2) is 0 Å². The molecule has 0 aliphatic heterocycles. The maximum absolute atomic E-state index is 4.70. The van der Waals surface area contributed by atoms with Gasteiger partial charge in [-0.3, -0.25) is 0 Å². The molecule has 4 heteroatoms. The molecule has 0 aromatic heterocycles. The molecule has 0 spiro atoms. The van der Waals surface area contributed by atoms with E-state index in [0.29, 0.717) is 0 Å². The summed E-state index contributed by atoms with van der Waals surface area (Å²) in [6.07, 6.45) is 7.25. The molecule has 0 aliphatic rings. The smallest absolute Gasteiger partial charge is 1.00 e. The number of hydrogen-bond acceptors (Lipinski definition) is 2. The van der Waals surface area contributed by atoms with Crippen molar-refractivity contribution in [3.63, 3.8) is 0 Å². The van der Waals surface area contributed by atoms with Gasteiger partial charge in [-0.05, 0) is 0 Å². The van der Waals surface area contributed by atoms with Crippen LogP contribution < -0.4 is 27.2 Å². The minimum Gasteiger partial charge on any atom is -1.00 e. The van der Waals surface area contributed by atoms with Gasteiger partial charge in [-0.2, -0.15) is 0 Å². The summed E-state index contributed by atoms with van der Waals surface area (Å²) in [7, 11) is 0. The minimum absolute atomic E-state index is 0. The van der Waals surface area contributed by atoms with Crippen molar-refractivity contribution in [2.45, 2.75) is 63.2 Å². The van der Waals surface area contributed by atoms with Crippen molar-refractivity contribution in [2.75, 3.05) is 0 Å². The maximum Gasteiger partial charge on any atom is -1.00 e. The molecule has 0 aliphatic carbocycles. The Labute approximate surface area is 176 Å². The fraction of sp³-hybridized carbons (Fsp3) is 0.500. The molecule has 0 atom stereocenters. The first-order valence-electron chi connectivity index (χ1n) is 8.14. The van der Waals surface area contributed by atoms with Crippen molar-refractivity contribution >= 4 is 38.9 Å². The van der Waals surface area contributed by atoms with Gasteiger partial charge in [-0.15, -0.1) is 0 Å². The van der Waals surface area contributed by atoms with Gasteiger partial charge in [-0.25, -0.2) is 0 Å². The van der Waals surface area contributed by atoms with Gasteiger partial charge < -0.3 is 24.0 Å². The summed E-state index contributed by atoms with van der Waals surface area (Å²) in [4.78, 5) is 9.41. The van der Waals surface area contributed by atoms with Crippen molar-refractivity contribution in [1.82, 2.24) is 0 Å². The summed E-state index contributed by atoms with van der Waals surface area (Å²) in [5, 5.41) is 0. The average molecular weight is 634 g/mol. The maximum atomic E-state index is 4.70. The molecule has 0 unspecified atom stereocenters. The van der Waals surface area contributed by atoms with E-state index in [9.17, 15) is 0 Å². The topological polar surface area (TPSA) is 24.7 Å². The van der Waals surface area contributed by atoms with E-state index in [-0.39, 0.29) is 35.1 Å². The number of rotatable bonds is 6. The number of aliphatic imine (C=N–C) groups is 2. The summed E-state index contributed by atoms with van der Waals surface area (Å²) < 4.78 is 2.79. The zero-order chi connectivity index (χ0) is 17.5. The third-order valence-electron chi connectivity index (χ3n) is 2.88. The summed E-state index contributed by atoms with van der Waals surface area (Å²) in [5.74, 6) is 0. The molecule has 0 saturated carbocycles. The molecule has 1 rings (SSSR count). The second-order valence-corrected chi connectivity index (χ2v) is 12.3. The van der Waals surface area contributed by atoms with E-state index in [0.717, 1.165) is 6.42 Å². The zero-order valence-corrected chi connectivity index (χ0v) is 21.4. The van der Waals surface area contributed by atoms with E-state index in [1.807, 2.05) is 6.08 Å². The predicted molar refractivity (Wildman–Crippen MR) is 106 cm³/mol. The minimum atomic E-state index is -0.776. The second-order valence-electron chi connectivity index (χ2n) is 7.60. The number of benzene rings is 1. The molecule has 24 heavy (non-hydrogen) atoms. The molecular weight excluding hydrogens is 604 g/mol. The molecule has 0 amide bonds. The van der Waals surface area contributed by atoms with Gasteiger partial charge in [-0.1, -0.05) is 0 Å². The van der Waals surface area contributed by atoms with Crippen LogP contribution in [0, 0.1) is 0 Å². The van der Waals surface area contributed by atoms with Crippen LogP contribution in [0.25, 0.3) is 0 Å². The van der Waals surface area contributed by atoms with Crippen molar-refractivity contribution in [3.8, 4) is 0 Å². The Morgan fingerprint density at radius 2 is 1.42 bits per heavy atom. The first kappa shape index (κ1) is 23.9. The quantitative estimate of drug-likeness (QED) is 0.149. The van der Waals surface area contributed by atoms with Crippen LogP contribution >= 0.6 is 0 Å². The Morgan fingerprint density at radius 3 is 1.79 bits per heavy atom. The van der Waals surface area contributed by atoms with Gasteiger partial charge in [0, 0.05) is 0 Å². The zero-order valence-electron chi connectivity index (χ0n) is 15.8. The van der Waals surface area contributed by atoms with Crippen molar-refractivity contribution in [1.29, 1.82) is 0 Å². The molecule has 0 saturated heterocycles. The van der Waals surface area contributed by atoms with E-state index in [4.69, 9.17) is 9.98 Å². The van der Waals surface area contributed by atoms with Crippen LogP contribution in [0.15, 0.2) is 40.8 Å². The van der Waals surface area contributed by atoms with E-state index >= 15 is 0 Å². The Morgan fingerprint density at radius 1 is 0.958 bits per heavy atom. The number of allylic oxidation sites excluding steroid dienone is 1. The van der Waals surface area contributed by atoms with E-state index in [1.165, 1.54) is 18.5 Å². The summed E-state index contributed by atoms with van der Waals surface area (Å²) in [6.45, 7) is 16.6. The molecule has 1 aromatic carbocycles. The standard InChI is InChI=1S/C16H23N2.C4H7.Bi.HI/c1-15(2,3)17-11-13-8-7-9-14(10-13)12-18-16(4,5)6;1-3-4-2;;/h7-9,11-12H,1-6H3;3H,1-2,4H2;;1H/q;;+1;/p-1.